The van der Waals surface area contributed by atoms with Crippen LogP contribution in [0.5, 0.6) is 0 Å². The fourth-order valence-corrected chi connectivity index (χ4v) is 2.14. The van der Waals surface area contributed by atoms with Gasteiger partial charge in [-0.3, -0.25) is 14.9 Å². The van der Waals surface area contributed by atoms with Gasteiger partial charge in [-0.05, 0) is 29.8 Å². The van der Waals surface area contributed by atoms with Crippen LogP contribution >= 0.6 is 23.2 Å². The Morgan fingerprint density at radius 2 is 1.86 bits per heavy atom. The molecule has 0 heterocycles. The van der Waals surface area contributed by atoms with Crippen LogP contribution in [0.1, 0.15) is 15.9 Å². The first kappa shape index (κ1) is 15.4. The van der Waals surface area contributed by atoms with Gasteiger partial charge in [0.2, 0.25) is 0 Å². The van der Waals surface area contributed by atoms with Crippen molar-refractivity contribution in [1.29, 1.82) is 0 Å². The number of hydrogen-bond acceptors (Lipinski definition) is 3. The van der Waals surface area contributed by atoms with Crippen molar-refractivity contribution in [2.45, 2.75) is 6.42 Å². The summed E-state index contributed by atoms with van der Waals surface area (Å²) in [7, 11) is 0. The van der Waals surface area contributed by atoms with E-state index in [0.717, 1.165) is 18.2 Å². The average molecular weight is 328 g/mol. The number of nitro benzene ring substituents is 1. The molecule has 0 unspecified atom stereocenters. The molecule has 0 N–H and O–H groups in total. The minimum atomic E-state index is -0.721. The van der Waals surface area contributed by atoms with E-state index in [0.29, 0.717) is 10.6 Å². The molecular weight excluding hydrogens is 320 g/mol. The lowest BCUT2D eigenvalue weighted by Gasteiger charge is -2.04. The molecular formula is C14H8Cl2FNO3. The number of carbonyl (C=O) groups excluding carboxylic acids is 1. The molecule has 0 aromatic heterocycles. The fourth-order valence-electron chi connectivity index (χ4n) is 1.82. The molecule has 7 heteroatoms. The molecule has 0 radical (unpaired) electrons. The number of carbonyl (C=O) groups is 1. The summed E-state index contributed by atoms with van der Waals surface area (Å²) in [4.78, 5) is 22.3. The van der Waals surface area contributed by atoms with Crippen molar-refractivity contribution in [3.8, 4) is 0 Å². The highest BCUT2D eigenvalue weighted by Crippen LogP contribution is 2.25. The van der Waals surface area contributed by atoms with Gasteiger partial charge in [0, 0.05) is 12.5 Å². The fraction of sp³-hybridized carbons (Fsp3) is 0.0714. The van der Waals surface area contributed by atoms with Gasteiger partial charge in [0.25, 0.3) is 5.69 Å². The van der Waals surface area contributed by atoms with Crippen molar-refractivity contribution in [2.24, 2.45) is 0 Å². The first-order chi connectivity index (χ1) is 9.88. The summed E-state index contributed by atoms with van der Waals surface area (Å²) in [5.41, 5.74) is -0.166. The van der Waals surface area contributed by atoms with E-state index >= 15 is 0 Å². The van der Waals surface area contributed by atoms with E-state index in [-0.39, 0.29) is 17.0 Å². The zero-order valence-corrected chi connectivity index (χ0v) is 12.0. The molecule has 0 saturated heterocycles. The van der Waals surface area contributed by atoms with Crippen LogP contribution in [0.4, 0.5) is 10.1 Å². The molecule has 2 aromatic rings. The molecule has 2 aromatic carbocycles. The third-order valence-corrected chi connectivity index (χ3v) is 3.54. The summed E-state index contributed by atoms with van der Waals surface area (Å²) in [5, 5.41) is 11.5. The van der Waals surface area contributed by atoms with Gasteiger partial charge in [-0.15, -0.1) is 0 Å². The Hall–Kier alpha value is -1.98. The van der Waals surface area contributed by atoms with E-state index in [2.05, 4.69) is 0 Å². The maximum Gasteiger partial charge on any atom is 0.280 e. The zero-order valence-electron chi connectivity index (χ0n) is 10.5. The average Bonchev–Trinajstić information content (AvgIpc) is 2.42. The molecule has 0 amide bonds. The molecule has 21 heavy (non-hydrogen) atoms. The van der Waals surface area contributed by atoms with Gasteiger partial charge in [-0.1, -0.05) is 29.3 Å². The van der Waals surface area contributed by atoms with Crippen LogP contribution in [-0.2, 0) is 6.42 Å². The molecule has 0 saturated carbocycles. The molecule has 0 atom stereocenters. The monoisotopic (exact) mass is 327 g/mol. The molecule has 0 spiro atoms. The van der Waals surface area contributed by atoms with Crippen LogP contribution < -0.4 is 0 Å². The predicted octanol–water partition coefficient (Wildman–Crippen LogP) is 4.47. The second-order valence-electron chi connectivity index (χ2n) is 4.27. The Kier molecular flexibility index (Phi) is 4.55. The maximum absolute atomic E-state index is 13.2. The first-order valence-electron chi connectivity index (χ1n) is 5.79. The summed E-state index contributed by atoms with van der Waals surface area (Å²) < 4.78 is 13.2. The second kappa shape index (κ2) is 6.20. The summed E-state index contributed by atoms with van der Waals surface area (Å²) in [6.45, 7) is 0. The van der Waals surface area contributed by atoms with Gasteiger partial charge < -0.3 is 0 Å². The van der Waals surface area contributed by atoms with Crippen LogP contribution in [0, 0.1) is 15.9 Å². The number of nitro groups is 1. The highest BCUT2D eigenvalue weighted by atomic mass is 35.5. The molecule has 0 aliphatic carbocycles. The van der Waals surface area contributed by atoms with Gasteiger partial charge in [0.1, 0.15) is 5.82 Å². The van der Waals surface area contributed by atoms with Crippen LogP contribution in [-0.4, -0.2) is 10.7 Å². The molecule has 0 fully saturated rings. The zero-order chi connectivity index (χ0) is 15.6. The number of rotatable bonds is 4. The summed E-state index contributed by atoms with van der Waals surface area (Å²) >= 11 is 11.6. The van der Waals surface area contributed by atoms with E-state index < -0.39 is 22.2 Å². The standard InChI is InChI=1S/C14H8Cl2FNO3/c15-11-3-1-8(5-12(11)16)6-14(19)10-7-9(17)2-4-13(10)18(20)21/h1-5,7H,6H2. The number of hydrogen-bond donors (Lipinski definition) is 0. The minimum Gasteiger partial charge on any atom is -0.294 e. The topological polar surface area (TPSA) is 60.2 Å². The number of ketones is 1. The Bertz CT molecular complexity index is 734. The van der Waals surface area contributed by atoms with Crippen molar-refractivity contribution in [1.82, 2.24) is 0 Å². The SMILES string of the molecule is O=C(Cc1ccc(Cl)c(Cl)c1)c1cc(F)ccc1[N+](=O)[O-]. The lowest BCUT2D eigenvalue weighted by molar-refractivity contribution is -0.385. The number of nitrogens with zero attached hydrogens (tertiary/aromatic N) is 1. The van der Waals surface area contributed by atoms with Gasteiger partial charge in [0.05, 0.1) is 20.5 Å². The lowest BCUT2D eigenvalue weighted by atomic mass is 10.0. The summed E-state index contributed by atoms with van der Waals surface area (Å²) in [6, 6.07) is 7.36. The number of Topliss-reactive ketones (excluding diaryl/α,β-unsaturated/α-hetero) is 1. The van der Waals surface area contributed by atoms with E-state index in [1.165, 1.54) is 12.1 Å². The minimum absolute atomic E-state index is 0.138. The molecule has 0 bridgehead atoms. The molecule has 108 valence electrons. The van der Waals surface area contributed by atoms with Crippen molar-refractivity contribution >= 4 is 34.7 Å². The van der Waals surface area contributed by atoms with Gasteiger partial charge in [-0.25, -0.2) is 4.39 Å². The molecule has 0 aliphatic heterocycles. The summed E-state index contributed by atoms with van der Waals surface area (Å²) in [6.07, 6.45) is -0.138. The Morgan fingerprint density at radius 1 is 1.14 bits per heavy atom. The number of benzene rings is 2. The highest BCUT2D eigenvalue weighted by Gasteiger charge is 2.21. The first-order valence-corrected chi connectivity index (χ1v) is 6.55. The molecule has 4 nitrogen and oxygen atoms in total. The van der Waals surface area contributed by atoms with Crippen LogP contribution in [0.2, 0.25) is 10.0 Å². The van der Waals surface area contributed by atoms with Crippen molar-refractivity contribution in [2.75, 3.05) is 0 Å². The van der Waals surface area contributed by atoms with Crippen LogP contribution in [0.3, 0.4) is 0 Å². The van der Waals surface area contributed by atoms with Crippen molar-refractivity contribution in [3.05, 3.63) is 73.5 Å². The van der Waals surface area contributed by atoms with Gasteiger partial charge in [-0.2, -0.15) is 0 Å². The van der Waals surface area contributed by atoms with E-state index in [1.54, 1.807) is 6.07 Å². The third-order valence-electron chi connectivity index (χ3n) is 2.80. The maximum atomic E-state index is 13.2. The highest BCUT2D eigenvalue weighted by molar-refractivity contribution is 6.42. The predicted molar refractivity (Wildman–Crippen MR) is 77.6 cm³/mol. The second-order valence-corrected chi connectivity index (χ2v) is 5.08. The Morgan fingerprint density at radius 3 is 2.48 bits per heavy atom. The molecule has 0 aliphatic rings. The summed E-state index contributed by atoms with van der Waals surface area (Å²) in [5.74, 6) is -1.28. The van der Waals surface area contributed by atoms with E-state index in [1.807, 2.05) is 0 Å². The van der Waals surface area contributed by atoms with E-state index in [9.17, 15) is 19.3 Å². The third kappa shape index (κ3) is 3.56. The van der Waals surface area contributed by atoms with E-state index in [4.69, 9.17) is 23.2 Å². The van der Waals surface area contributed by atoms with Crippen molar-refractivity contribution < 1.29 is 14.1 Å². The normalized spacial score (nSPS) is 10.4. The van der Waals surface area contributed by atoms with Crippen molar-refractivity contribution in [3.63, 3.8) is 0 Å². The van der Waals surface area contributed by atoms with Gasteiger partial charge >= 0.3 is 0 Å². The number of halogens is 3. The smallest absolute Gasteiger partial charge is 0.280 e. The largest absolute Gasteiger partial charge is 0.294 e. The quantitative estimate of drug-likeness (QED) is 0.473. The Balaban J connectivity index is 2.34. The lowest BCUT2D eigenvalue weighted by Crippen LogP contribution is -2.07. The van der Waals surface area contributed by atoms with Crippen LogP contribution in [0.15, 0.2) is 36.4 Å². The molecule has 2 rings (SSSR count). The Labute approximate surface area is 129 Å². The van der Waals surface area contributed by atoms with Crippen LogP contribution in [0.25, 0.3) is 0 Å². The van der Waals surface area contributed by atoms with Gasteiger partial charge in [0.15, 0.2) is 5.78 Å².